The predicted octanol–water partition coefficient (Wildman–Crippen LogP) is 5.90. The van der Waals surface area contributed by atoms with E-state index in [-0.39, 0.29) is 0 Å². The fraction of sp³-hybridized carbons (Fsp3) is 0.280. The molecule has 0 aliphatic heterocycles. The van der Waals surface area contributed by atoms with Crippen LogP contribution in [0, 0.1) is 0 Å². The van der Waals surface area contributed by atoms with Gasteiger partial charge in [-0.05, 0) is 47.1 Å². The highest BCUT2D eigenvalue weighted by Crippen LogP contribution is 2.35. The quantitative estimate of drug-likeness (QED) is 0.403. The third-order valence-electron chi connectivity index (χ3n) is 5.65. The highest BCUT2D eigenvalue weighted by Gasteiger charge is 2.28. The lowest BCUT2D eigenvalue weighted by Gasteiger charge is -2.28. The SMILES string of the molecule is C[Si](C)(C)c1cc2c(cc1C(c1ccccc1)c1ccccc1)CCC2. The van der Waals surface area contributed by atoms with Crippen LogP contribution < -0.4 is 5.19 Å². The van der Waals surface area contributed by atoms with Gasteiger partial charge in [0.05, 0.1) is 8.07 Å². The monoisotopic (exact) mass is 356 g/mol. The van der Waals surface area contributed by atoms with Crippen molar-refractivity contribution in [2.24, 2.45) is 0 Å². The predicted molar refractivity (Wildman–Crippen MR) is 115 cm³/mol. The van der Waals surface area contributed by atoms with Crippen LogP contribution in [0.1, 0.15) is 40.2 Å². The van der Waals surface area contributed by atoms with Gasteiger partial charge in [-0.1, -0.05) is 97.6 Å². The molecule has 0 fully saturated rings. The van der Waals surface area contributed by atoms with E-state index in [2.05, 4.69) is 92.4 Å². The van der Waals surface area contributed by atoms with Crippen molar-refractivity contribution in [1.29, 1.82) is 0 Å². The summed E-state index contributed by atoms with van der Waals surface area (Å²) >= 11 is 0. The number of fused-ring (bicyclic) bond motifs is 1. The maximum Gasteiger partial charge on any atom is 0.0780 e. The molecule has 3 aromatic rings. The second-order valence-electron chi connectivity index (χ2n) is 8.57. The molecule has 0 unspecified atom stereocenters. The molecular formula is C25H28Si. The molecule has 26 heavy (non-hydrogen) atoms. The Morgan fingerprint density at radius 1 is 0.692 bits per heavy atom. The van der Waals surface area contributed by atoms with Gasteiger partial charge >= 0.3 is 0 Å². The summed E-state index contributed by atoms with van der Waals surface area (Å²) in [7, 11) is -1.45. The summed E-state index contributed by atoms with van der Waals surface area (Å²) in [5.41, 5.74) is 7.53. The summed E-state index contributed by atoms with van der Waals surface area (Å²) in [5, 5.41) is 1.64. The van der Waals surface area contributed by atoms with Crippen molar-refractivity contribution in [3.8, 4) is 0 Å². The summed E-state index contributed by atoms with van der Waals surface area (Å²) in [5.74, 6) is 0.324. The molecule has 0 saturated carbocycles. The number of rotatable bonds is 4. The van der Waals surface area contributed by atoms with Gasteiger partial charge in [-0.15, -0.1) is 0 Å². The Hall–Kier alpha value is -2.12. The molecule has 0 aromatic heterocycles. The van der Waals surface area contributed by atoms with Crippen LogP contribution in [0.25, 0.3) is 0 Å². The second kappa shape index (κ2) is 6.89. The number of benzene rings is 3. The van der Waals surface area contributed by atoms with E-state index in [9.17, 15) is 0 Å². The minimum absolute atomic E-state index is 0.324. The molecule has 0 N–H and O–H groups in total. The highest BCUT2D eigenvalue weighted by atomic mass is 28.3. The fourth-order valence-corrected chi connectivity index (χ4v) is 6.06. The van der Waals surface area contributed by atoms with Gasteiger partial charge in [0.1, 0.15) is 0 Å². The van der Waals surface area contributed by atoms with Crippen LogP contribution in [-0.4, -0.2) is 8.07 Å². The summed E-state index contributed by atoms with van der Waals surface area (Å²) in [6.07, 6.45) is 3.81. The molecule has 0 spiro atoms. The van der Waals surface area contributed by atoms with Gasteiger partial charge in [-0.25, -0.2) is 0 Å². The minimum atomic E-state index is -1.45. The van der Waals surface area contributed by atoms with Crippen molar-refractivity contribution in [2.75, 3.05) is 0 Å². The molecule has 0 radical (unpaired) electrons. The Morgan fingerprint density at radius 3 is 1.69 bits per heavy atom. The molecule has 132 valence electrons. The molecular weight excluding hydrogens is 328 g/mol. The minimum Gasteiger partial charge on any atom is -0.0656 e. The fourth-order valence-electron chi connectivity index (χ4n) is 4.37. The number of aryl methyl sites for hydroxylation is 2. The normalized spacial score (nSPS) is 13.8. The van der Waals surface area contributed by atoms with Gasteiger partial charge < -0.3 is 0 Å². The third-order valence-corrected chi connectivity index (χ3v) is 7.70. The van der Waals surface area contributed by atoms with Crippen LogP contribution in [0.15, 0.2) is 72.8 Å². The van der Waals surface area contributed by atoms with Crippen LogP contribution in [0.4, 0.5) is 0 Å². The lowest BCUT2D eigenvalue weighted by Crippen LogP contribution is -2.41. The van der Waals surface area contributed by atoms with Crippen LogP contribution >= 0.6 is 0 Å². The molecule has 0 nitrogen and oxygen atoms in total. The van der Waals surface area contributed by atoms with Crippen molar-refractivity contribution in [3.63, 3.8) is 0 Å². The second-order valence-corrected chi connectivity index (χ2v) is 13.6. The van der Waals surface area contributed by atoms with Crippen molar-refractivity contribution in [2.45, 2.75) is 44.8 Å². The zero-order valence-corrected chi connectivity index (χ0v) is 17.1. The molecule has 1 aliphatic rings. The molecule has 0 amide bonds. The standard InChI is InChI=1S/C25H28Si/c1-26(2,3)24-18-22-16-10-15-21(22)17-23(24)25(19-11-6-4-7-12-19)20-13-8-5-9-14-20/h4-9,11-14,17-18,25H,10,15-16H2,1-3H3. The first kappa shape index (κ1) is 17.3. The maximum atomic E-state index is 2.57. The zero-order chi connectivity index (χ0) is 18.1. The molecule has 0 bridgehead atoms. The molecule has 3 aromatic carbocycles. The molecule has 0 saturated heterocycles. The average molecular weight is 357 g/mol. The van der Waals surface area contributed by atoms with E-state index in [4.69, 9.17) is 0 Å². The number of hydrogen-bond acceptors (Lipinski definition) is 0. The van der Waals surface area contributed by atoms with Gasteiger partial charge in [0, 0.05) is 5.92 Å². The first-order valence-electron chi connectivity index (χ1n) is 9.80. The summed E-state index contributed by atoms with van der Waals surface area (Å²) in [6.45, 7) is 7.46. The van der Waals surface area contributed by atoms with E-state index < -0.39 is 8.07 Å². The first-order valence-corrected chi connectivity index (χ1v) is 13.3. The Bertz CT molecular complexity index is 849. The molecule has 1 heteroatoms. The van der Waals surface area contributed by atoms with E-state index in [0.29, 0.717) is 5.92 Å². The topological polar surface area (TPSA) is 0 Å². The van der Waals surface area contributed by atoms with Crippen molar-refractivity contribution < 1.29 is 0 Å². The Balaban J connectivity index is 1.97. The average Bonchev–Trinajstić information content (AvgIpc) is 3.10. The van der Waals surface area contributed by atoms with Crippen molar-refractivity contribution >= 4 is 13.3 Å². The van der Waals surface area contributed by atoms with E-state index in [1.807, 2.05) is 0 Å². The Kier molecular flexibility index (Phi) is 4.58. The van der Waals surface area contributed by atoms with Crippen molar-refractivity contribution in [3.05, 3.63) is 101 Å². The lowest BCUT2D eigenvalue weighted by molar-refractivity contribution is 0.910. The van der Waals surface area contributed by atoms with E-state index in [0.717, 1.165) is 0 Å². The largest absolute Gasteiger partial charge is 0.0780 e. The van der Waals surface area contributed by atoms with Gasteiger partial charge in [0.25, 0.3) is 0 Å². The molecule has 1 aliphatic carbocycles. The van der Waals surface area contributed by atoms with Crippen LogP contribution in [0.3, 0.4) is 0 Å². The van der Waals surface area contributed by atoms with E-state index >= 15 is 0 Å². The van der Waals surface area contributed by atoms with E-state index in [1.165, 1.54) is 30.4 Å². The Labute approximate surface area is 158 Å². The molecule has 0 atom stereocenters. The molecule has 4 rings (SSSR count). The van der Waals surface area contributed by atoms with E-state index in [1.54, 1.807) is 21.9 Å². The molecule has 0 heterocycles. The number of hydrogen-bond donors (Lipinski definition) is 0. The van der Waals surface area contributed by atoms with Crippen LogP contribution in [0.5, 0.6) is 0 Å². The van der Waals surface area contributed by atoms with Crippen molar-refractivity contribution in [1.82, 2.24) is 0 Å². The lowest BCUT2D eigenvalue weighted by atomic mass is 9.84. The summed E-state index contributed by atoms with van der Waals surface area (Å²) in [4.78, 5) is 0. The van der Waals surface area contributed by atoms with Gasteiger partial charge in [0.15, 0.2) is 0 Å². The summed E-state index contributed by atoms with van der Waals surface area (Å²) < 4.78 is 0. The van der Waals surface area contributed by atoms with Crippen LogP contribution in [-0.2, 0) is 12.8 Å². The van der Waals surface area contributed by atoms with Gasteiger partial charge in [0.2, 0.25) is 0 Å². The third kappa shape index (κ3) is 3.28. The Morgan fingerprint density at radius 2 is 1.19 bits per heavy atom. The first-order chi connectivity index (χ1) is 12.5. The van der Waals surface area contributed by atoms with Gasteiger partial charge in [-0.2, -0.15) is 0 Å². The maximum absolute atomic E-state index is 2.57. The van der Waals surface area contributed by atoms with Gasteiger partial charge in [-0.3, -0.25) is 0 Å². The smallest absolute Gasteiger partial charge is 0.0656 e. The summed E-state index contributed by atoms with van der Waals surface area (Å²) in [6, 6.07) is 27.2. The van der Waals surface area contributed by atoms with Crippen LogP contribution in [0.2, 0.25) is 19.6 Å². The zero-order valence-electron chi connectivity index (χ0n) is 16.1. The highest BCUT2D eigenvalue weighted by molar-refractivity contribution is 6.89.